The highest BCUT2D eigenvalue weighted by Crippen LogP contribution is 2.45. The van der Waals surface area contributed by atoms with Gasteiger partial charge in [0.25, 0.3) is 0 Å². The van der Waals surface area contributed by atoms with Gasteiger partial charge < -0.3 is 33.8 Å². The van der Waals surface area contributed by atoms with E-state index < -0.39 is 97.5 Å². The molecule has 3 N–H and O–H groups in total. The molecule has 6 atom stereocenters. The molecular formula is C67H130O17P2. The molecule has 510 valence electrons. The second-order valence-electron chi connectivity index (χ2n) is 24.5. The first-order chi connectivity index (χ1) is 41.6. The van der Waals surface area contributed by atoms with E-state index in [0.717, 1.165) is 102 Å². The molecule has 0 radical (unpaired) electrons. The molecule has 0 fully saturated rings. The second kappa shape index (κ2) is 60.6. The molecule has 0 aliphatic rings. The van der Waals surface area contributed by atoms with Gasteiger partial charge in [0, 0.05) is 25.7 Å². The summed E-state index contributed by atoms with van der Waals surface area (Å²) in [6.45, 7) is 7.17. The van der Waals surface area contributed by atoms with Crippen LogP contribution in [0.5, 0.6) is 0 Å². The summed E-state index contributed by atoms with van der Waals surface area (Å²) in [5, 5.41) is 10.5. The van der Waals surface area contributed by atoms with Crippen LogP contribution in [0.3, 0.4) is 0 Å². The van der Waals surface area contributed by atoms with Crippen LogP contribution in [0.2, 0.25) is 0 Å². The third kappa shape index (κ3) is 59.7. The molecular weight excluding hydrogens is 1140 g/mol. The van der Waals surface area contributed by atoms with Gasteiger partial charge in [-0.2, -0.15) is 0 Å². The van der Waals surface area contributed by atoms with Crippen molar-refractivity contribution in [2.75, 3.05) is 39.6 Å². The maximum absolute atomic E-state index is 13.0. The molecule has 19 heteroatoms. The Hall–Kier alpha value is -1.94. The van der Waals surface area contributed by atoms with Gasteiger partial charge in [-0.3, -0.25) is 37.3 Å². The van der Waals surface area contributed by atoms with E-state index in [1.807, 2.05) is 0 Å². The van der Waals surface area contributed by atoms with Gasteiger partial charge in [-0.25, -0.2) is 9.13 Å². The monoisotopic (exact) mass is 1270 g/mol. The Morgan fingerprint density at radius 2 is 0.558 bits per heavy atom. The number of unbranched alkanes of at least 4 members (excludes halogenated alkanes) is 38. The largest absolute Gasteiger partial charge is 0.472 e. The number of aliphatic hydroxyl groups is 1. The third-order valence-corrected chi connectivity index (χ3v) is 17.8. The molecule has 0 saturated heterocycles. The lowest BCUT2D eigenvalue weighted by atomic mass is 9.99. The molecule has 86 heavy (non-hydrogen) atoms. The Bertz CT molecular complexity index is 1670. The van der Waals surface area contributed by atoms with Crippen molar-refractivity contribution in [1.29, 1.82) is 0 Å². The van der Waals surface area contributed by atoms with E-state index >= 15 is 0 Å². The van der Waals surface area contributed by atoms with E-state index in [-0.39, 0.29) is 25.7 Å². The summed E-state index contributed by atoms with van der Waals surface area (Å²) in [6, 6.07) is 0. The summed E-state index contributed by atoms with van der Waals surface area (Å²) in [4.78, 5) is 72.1. The summed E-state index contributed by atoms with van der Waals surface area (Å²) in [5.74, 6) is -1.29. The van der Waals surface area contributed by atoms with Crippen LogP contribution >= 0.6 is 15.6 Å². The van der Waals surface area contributed by atoms with Gasteiger partial charge in [-0.1, -0.05) is 291 Å². The zero-order chi connectivity index (χ0) is 63.5. The van der Waals surface area contributed by atoms with Crippen molar-refractivity contribution in [3.05, 3.63) is 0 Å². The van der Waals surface area contributed by atoms with E-state index in [1.165, 1.54) is 161 Å². The maximum atomic E-state index is 13.0. The smallest absolute Gasteiger partial charge is 0.462 e. The van der Waals surface area contributed by atoms with Crippen LogP contribution in [0, 0.1) is 5.92 Å². The fraction of sp³-hybridized carbons (Fsp3) is 0.940. The Balaban J connectivity index is 5.15. The molecule has 0 aliphatic heterocycles. The highest BCUT2D eigenvalue weighted by molar-refractivity contribution is 7.47. The zero-order valence-corrected chi connectivity index (χ0v) is 57.2. The van der Waals surface area contributed by atoms with Gasteiger partial charge in [-0.05, 0) is 31.6 Å². The Morgan fingerprint density at radius 1 is 0.326 bits per heavy atom. The number of phosphoric acid groups is 2. The quantitative estimate of drug-likeness (QED) is 0.0222. The van der Waals surface area contributed by atoms with E-state index in [1.54, 1.807) is 0 Å². The third-order valence-electron chi connectivity index (χ3n) is 15.9. The minimum absolute atomic E-state index is 0.105. The molecule has 0 bridgehead atoms. The minimum Gasteiger partial charge on any atom is -0.462 e. The van der Waals surface area contributed by atoms with E-state index in [2.05, 4.69) is 34.6 Å². The number of phosphoric ester groups is 2. The first kappa shape index (κ1) is 84.1. The number of ether oxygens (including phenoxy) is 4. The highest BCUT2D eigenvalue weighted by Gasteiger charge is 2.30. The summed E-state index contributed by atoms with van der Waals surface area (Å²) >= 11 is 0. The number of rotatable bonds is 67. The molecule has 0 rings (SSSR count). The van der Waals surface area contributed by atoms with Crippen molar-refractivity contribution >= 4 is 39.5 Å². The van der Waals surface area contributed by atoms with Crippen LogP contribution in [0.1, 0.15) is 343 Å². The average molecular weight is 1270 g/mol. The topological polar surface area (TPSA) is 237 Å². The van der Waals surface area contributed by atoms with Gasteiger partial charge in [-0.15, -0.1) is 0 Å². The first-order valence-corrected chi connectivity index (χ1v) is 38.2. The van der Waals surface area contributed by atoms with Gasteiger partial charge >= 0.3 is 39.5 Å². The molecule has 0 aromatic heterocycles. The molecule has 0 spiro atoms. The molecule has 0 saturated carbocycles. The lowest BCUT2D eigenvalue weighted by molar-refractivity contribution is -0.161. The standard InChI is InChI=1S/C67H130O17P2/c1-6-10-13-16-18-20-21-22-26-29-33-36-41-46-51-65(70)78-57-63(84-67(72)53-48-43-38-34-30-27-24-23-25-28-32-35-40-44-49-60(5)9-4)59-82-86(75,76)80-55-61(68)54-79-85(73,74)81-58-62(56-77-64(69)50-45-39-15-12-8-3)83-66(71)52-47-42-37-31-19-17-14-11-7-2/h60-63,68H,6-59H2,1-5H3,(H,73,74)(H,75,76)/t60?,61-,62+,63+/m0/s1. The van der Waals surface area contributed by atoms with Gasteiger partial charge in [0.1, 0.15) is 19.3 Å². The predicted octanol–water partition coefficient (Wildman–Crippen LogP) is 19.0. The number of aliphatic hydroxyl groups excluding tert-OH is 1. The van der Waals surface area contributed by atoms with E-state index in [0.29, 0.717) is 25.7 Å². The van der Waals surface area contributed by atoms with Gasteiger partial charge in [0.05, 0.1) is 26.4 Å². The fourth-order valence-corrected chi connectivity index (χ4v) is 11.7. The molecule has 0 heterocycles. The van der Waals surface area contributed by atoms with Gasteiger partial charge in [0.2, 0.25) is 0 Å². The zero-order valence-electron chi connectivity index (χ0n) is 55.4. The van der Waals surface area contributed by atoms with Crippen molar-refractivity contribution in [3.8, 4) is 0 Å². The summed E-state index contributed by atoms with van der Waals surface area (Å²) < 4.78 is 67.9. The lowest BCUT2D eigenvalue weighted by Gasteiger charge is -2.21. The lowest BCUT2D eigenvalue weighted by Crippen LogP contribution is -2.30. The second-order valence-corrected chi connectivity index (χ2v) is 27.4. The van der Waals surface area contributed by atoms with Crippen LogP contribution in [-0.4, -0.2) is 96.7 Å². The molecule has 17 nitrogen and oxygen atoms in total. The highest BCUT2D eigenvalue weighted by atomic mass is 31.2. The van der Waals surface area contributed by atoms with Crippen LogP contribution < -0.4 is 0 Å². The van der Waals surface area contributed by atoms with Crippen molar-refractivity contribution in [2.24, 2.45) is 5.92 Å². The number of hydrogen-bond donors (Lipinski definition) is 3. The van der Waals surface area contributed by atoms with E-state index in [4.69, 9.17) is 37.0 Å². The first-order valence-electron chi connectivity index (χ1n) is 35.2. The maximum Gasteiger partial charge on any atom is 0.472 e. The van der Waals surface area contributed by atoms with Crippen LogP contribution in [0.25, 0.3) is 0 Å². The number of carbonyl (C=O) groups excluding carboxylic acids is 4. The summed E-state index contributed by atoms with van der Waals surface area (Å²) in [5.41, 5.74) is 0. The van der Waals surface area contributed by atoms with Gasteiger partial charge in [0.15, 0.2) is 12.2 Å². The Morgan fingerprint density at radius 3 is 0.826 bits per heavy atom. The van der Waals surface area contributed by atoms with Crippen molar-refractivity contribution in [3.63, 3.8) is 0 Å². The molecule has 0 aromatic carbocycles. The molecule has 3 unspecified atom stereocenters. The normalized spacial score (nSPS) is 14.5. The van der Waals surface area contributed by atoms with Crippen LogP contribution in [-0.2, 0) is 65.4 Å². The predicted molar refractivity (Wildman–Crippen MR) is 345 cm³/mol. The van der Waals surface area contributed by atoms with Crippen molar-refractivity contribution in [1.82, 2.24) is 0 Å². The Labute approximate surface area is 524 Å². The van der Waals surface area contributed by atoms with E-state index in [9.17, 15) is 43.2 Å². The summed E-state index contributed by atoms with van der Waals surface area (Å²) in [7, 11) is -9.88. The average Bonchev–Trinajstić information content (AvgIpc) is 3.67. The number of hydrogen-bond acceptors (Lipinski definition) is 15. The van der Waals surface area contributed by atoms with Crippen LogP contribution in [0.15, 0.2) is 0 Å². The Kier molecular flexibility index (Phi) is 59.2. The molecule has 0 aliphatic carbocycles. The van der Waals surface area contributed by atoms with Crippen molar-refractivity contribution in [2.45, 2.75) is 361 Å². The minimum atomic E-state index is -4.95. The van der Waals surface area contributed by atoms with Crippen LogP contribution in [0.4, 0.5) is 0 Å². The SMILES string of the molecule is CCCCCCCCCCCCCCCCC(=O)OC[C@H](COP(=O)(O)OC[C@@H](O)COP(=O)(O)OC[C@@H](COC(=O)CCCCCCC)OC(=O)CCCCCCCCCCC)OC(=O)CCCCCCCCCCCCCCCCC(C)CC. The number of esters is 4. The fourth-order valence-electron chi connectivity index (χ4n) is 10.1. The molecule has 0 amide bonds. The summed E-state index contributed by atoms with van der Waals surface area (Å²) in [6.07, 6.45) is 46.1. The number of carbonyl (C=O) groups is 4. The molecule has 0 aromatic rings. The van der Waals surface area contributed by atoms with Crippen molar-refractivity contribution < 1.29 is 80.2 Å².